The summed E-state index contributed by atoms with van der Waals surface area (Å²) in [7, 11) is 1.72. The Morgan fingerprint density at radius 2 is 1.79 bits per heavy atom. The van der Waals surface area contributed by atoms with Crippen LogP contribution in [0.15, 0.2) is 54.6 Å². The highest BCUT2D eigenvalue weighted by Gasteiger charge is 2.51. The number of hydrazine groups is 1. The smallest absolute Gasteiger partial charge is 0.333 e. The summed E-state index contributed by atoms with van der Waals surface area (Å²) < 4.78 is 0. The van der Waals surface area contributed by atoms with Gasteiger partial charge in [-0.25, -0.2) is 14.8 Å². The van der Waals surface area contributed by atoms with E-state index in [0.29, 0.717) is 18.1 Å². The van der Waals surface area contributed by atoms with E-state index < -0.39 is 12.2 Å². The molecule has 2 heterocycles. The summed E-state index contributed by atoms with van der Waals surface area (Å²) in [6, 6.07) is 16.1. The Morgan fingerprint density at radius 1 is 1.09 bits per heavy atom. The van der Waals surface area contributed by atoms with Gasteiger partial charge in [-0.2, -0.15) is 0 Å². The van der Waals surface area contributed by atoms with Crippen LogP contribution < -0.4 is 5.32 Å². The molecular weight excluding hydrogens is 454 g/mol. The van der Waals surface area contributed by atoms with Crippen molar-refractivity contribution in [3.05, 3.63) is 70.7 Å². The van der Waals surface area contributed by atoms with Crippen LogP contribution >= 0.6 is 11.6 Å². The van der Waals surface area contributed by atoms with E-state index >= 15 is 0 Å². The first kappa shape index (κ1) is 24.0. The highest BCUT2D eigenvalue weighted by molar-refractivity contribution is 6.30. The monoisotopic (exact) mass is 483 g/mol. The molecule has 0 spiro atoms. The largest absolute Gasteiger partial charge is 0.334 e. The van der Waals surface area contributed by atoms with E-state index in [1.54, 1.807) is 32.9 Å². The van der Waals surface area contributed by atoms with E-state index in [0.717, 1.165) is 11.1 Å². The van der Waals surface area contributed by atoms with Gasteiger partial charge in [0.15, 0.2) is 0 Å². The fraction of sp³-hybridized carbons (Fsp3) is 0.400. The van der Waals surface area contributed by atoms with Crippen molar-refractivity contribution in [1.29, 1.82) is 0 Å². The number of likely N-dealkylation sites (N-methyl/N-ethyl adjacent to an activating group) is 1. The molecule has 1 N–H and O–H groups in total. The lowest BCUT2D eigenvalue weighted by Crippen LogP contribution is -2.76. The Bertz CT molecular complexity index is 1060. The van der Waals surface area contributed by atoms with Crippen molar-refractivity contribution < 1.29 is 14.4 Å². The molecule has 2 aromatic carbocycles. The van der Waals surface area contributed by atoms with Crippen LogP contribution in [0.3, 0.4) is 0 Å². The highest BCUT2D eigenvalue weighted by atomic mass is 35.5. The van der Waals surface area contributed by atoms with Gasteiger partial charge in [0, 0.05) is 25.2 Å². The molecule has 9 heteroatoms. The van der Waals surface area contributed by atoms with Crippen LogP contribution in [0.4, 0.5) is 4.79 Å². The molecule has 0 aromatic heterocycles. The molecule has 0 aliphatic carbocycles. The second-order valence-electron chi connectivity index (χ2n) is 9.12. The van der Waals surface area contributed by atoms with Crippen LogP contribution in [0, 0.1) is 5.92 Å². The van der Waals surface area contributed by atoms with Crippen molar-refractivity contribution in [2.45, 2.75) is 39.1 Å². The minimum absolute atomic E-state index is 0.0278. The van der Waals surface area contributed by atoms with Gasteiger partial charge in [0.25, 0.3) is 0 Å². The maximum absolute atomic E-state index is 13.5. The zero-order valence-electron chi connectivity index (χ0n) is 19.6. The van der Waals surface area contributed by atoms with Crippen LogP contribution in [-0.4, -0.2) is 70.0 Å². The maximum Gasteiger partial charge on any atom is 0.334 e. The normalized spacial score (nSPS) is 21.1. The van der Waals surface area contributed by atoms with E-state index in [1.807, 2.05) is 62.4 Å². The van der Waals surface area contributed by atoms with E-state index in [9.17, 15) is 14.4 Å². The van der Waals surface area contributed by atoms with E-state index in [4.69, 9.17) is 11.6 Å². The Kier molecular flexibility index (Phi) is 7.09. The fourth-order valence-corrected chi connectivity index (χ4v) is 4.93. The first-order chi connectivity index (χ1) is 16.3. The third kappa shape index (κ3) is 4.88. The van der Waals surface area contributed by atoms with Gasteiger partial charge in [-0.05, 0) is 29.2 Å². The van der Waals surface area contributed by atoms with Gasteiger partial charge in [-0.1, -0.05) is 67.9 Å². The lowest BCUT2D eigenvalue weighted by atomic mass is 9.96. The molecule has 2 aliphatic heterocycles. The number of hydrogen-bond acceptors (Lipinski definition) is 4. The standard InChI is InChI=1S/C25H30ClN5O3/c1-17(2)23-24(33)29(14-19-10-7-11-20(26)12-19)15-21-30(23)22(32)16-28(3)31(21)25(34)27-13-18-8-5-4-6-9-18/h4-12,17,21,23H,13-16H2,1-3H3,(H,27,34)/t21-,23-/m0/s1. The molecule has 2 aromatic rings. The molecule has 2 saturated heterocycles. The van der Waals surface area contributed by atoms with Gasteiger partial charge in [-0.3, -0.25) is 9.59 Å². The number of rotatable bonds is 5. The lowest BCUT2D eigenvalue weighted by molar-refractivity contribution is -0.190. The molecule has 34 heavy (non-hydrogen) atoms. The number of hydrogen-bond donors (Lipinski definition) is 1. The molecule has 0 bridgehead atoms. The van der Waals surface area contributed by atoms with Gasteiger partial charge in [0.1, 0.15) is 12.2 Å². The van der Waals surface area contributed by atoms with Crippen LogP contribution in [0.5, 0.6) is 0 Å². The van der Waals surface area contributed by atoms with Crippen LogP contribution in [0.25, 0.3) is 0 Å². The third-order valence-electron chi connectivity index (χ3n) is 6.26. The maximum atomic E-state index is 13.5. The van der Waals surface area contributed by atoms with Crippen molar-refractivity contribution in [3.63, 3.8) is 0 Å². The average molecular weight is 484 g/mol. The number of fused-ring (bicyclic) bond motifs is 1. The predicted octanol–water partition coefficient (Wildman–Crippen LogP) is 2.93. The van der Waals surface area contributed by atoms with E-state index in [-0.39, 0.29) is 36.9 Å². The molecule has 2 fully saturated rings. The van der Waals surface area contributed by atoms with Crippen molar-refractivity contribution >= 4 is 29.4 Å². The second kappa shape index (κ2) is 10.0. The summed E-state index contributed by atoms with van der Waals surface area (Å²) in [6.45, 7) is 4.80. The highest BCUT2D eigenvalue weighted by Crippen LogP contribution is 2.30. The predicted molar refractivity (Wildman–Crippen MR) is 129 cm³/mol. The number of amides is 4. The fourth-order valence-electron chi connectivity index (χ4n) is 4.71. The molecule has 2 aliphatic rings. The van der Waals surface area contributed by atoms with Crippen LogP contribution in [0.2, 0.25) is 5.02 Å². The molecule has 0 radical (unpaired) electrons. The number of urea groups is 1. The Hall–Kier alpha value is -3.10. The molecule has 4 amide bonds. The van der Waals surface area contributed by atoms with E-state index in [2.05, 4.69) is 5.32 Å². The summed E-state index contributed by atoms with van der Waals surface area (Å²) in [4.78, 5) is 43.2. The van der Waals surface area contributed by atoms with Crippen LogP contribution in [0.1, 0.15) is 25.0 Å². The first-order valence-electron chi connectivity index (χ1n) is 11.4. The van der Waals surface area contributed by atoms with Crippen LogP contribution in [-0.2, 0) is 22.7 Å². The number of benzene rings is 2. The summed E-state index contributed by atoms with van der Waals surface area (Å²) in [6.07, 6.45) is -0.605. The number of piperazine rings is 1. The number of nitrogens with zero attached hydrogens (tertiary/aromatic N) is 4. The molecule has 180 valence electrons. The van der Waals surface area contributed by atoms with Crippen molar-refractivity contribution in [1.82, 2.24) is 25.1 Å². The number of halogens is 1. The molecule has 8 nitrogen and oxygen atoms in total. The van der Waals surface area contributed by atoms with Gasteiger partial charge < -0.3 is 15.1 Å². The molecule has 4 rings (SSSR count). The first-order valence-corrected chi connectivity index (χ1v) is 11.8. The minimum atomic E-state index is -0.649. The summed E-state index contributed by atoms with van der Waals surface area (Å²) in [5.74, 6) is -0.387. The van der Waals surface area contributed by atoms with Crippen molar-refractivity contribution in [2.75, 3.05) is 20.1 Å². The number of nitrogens with one attached hydrogen (secondary N) is 1. The molecule has 0 saturated carbocycles. The number of carbonyl (C=O) groups is 3. The average Bonchev–Trinajstić information content (AvgIpc) is 2.79. The SMILES string of the molecule is CC(C)[C@H]1C(=O)N(Cc2cccc(Cl)c2)C[C@H]2N1C(=O)CN(C)N2C(=O)NCc1ccccc1. The molecule has 0 unspecified atom stereocenters. The lowest BCUT2D eigenvalue weighted by Gasteiger charge is -2.55. The van der Waals surface area contributed by atoms with Gasteiger partial charge in [0.05, 0.1) is 13.1 Å². The number of carbonyl (C=O) groups excluding carboxylic acids is 3. The van der Waals surface area contributed by atoms with Gasteiger partial charge in [0.2, 0.25) is 11.8 Å². The second-order valence-corrected chi connectivity index (χ2v) is 9.56. The zero-order chi connectivity index (χ0) is 24.4. The molecule has 2 atom stereocenters. The van der Waals surface area contributed by atoms with Crippen molar-refractivity contribution in [2.24, 2.45) is 5.92 Å². The summed E-state index contributed by atoms with van der Waals surface area (Å²) in [5.41, 5.74) is 1.87. The van der Waals surface area contributed by atoms with Gasteiger partial charge >= 0.3 is 6.03 Å². The van der Waals surface area contributed by atoms with Gasteiger partial charge in [-0.15, -0.1) is 0 Å². The minimum Gasteiger partial charge on any atom is -0.333 e. The van der Waals surface area contributed by atoms with Crippen molar-refractivity contribution in [3.8, 4) is 0 Å². The zero-order valence-corrected chi connectivity index (χ0v) is 20.4. The summed E-state index contributed by atoms with van der Waals surface area (Å²) >= 11 is 6.15. The Labute approximate surface area is 205 Å². The quantitative estimate of drug-likeness (QED) is 0.709. The summed E-state index contributed by atoms with van der Waals surface area (Å²) in [5, 5.41) is 6.76. The molecular formula is C25H30ClN5O3. The third-order valence-corrected chi connectivity index (χ3v) is 6.50. The topological polar surface area (TPSA) is 76.2 Å². The van der Waals surface area contributed by atoms with E-state index in [1.165, 1.54) is 0 Å². The Balaban J connectivity index is 1.61. The Morgan fingerprint density at radius 3 is 2.47 bits per heavy atom.